The van der Waals surface area contributed by atoms with Gasteiger partial charge >= 0.3 is 0 Å². The normalized spacial score (nSPS) is 13.8. The van der Waals surface area contributed by atoms with E-state index in [4.69, 9.17) is 21.4 Å². The van der Waals surface area contributed by atoms with E-state index in [2.05, 4.69) is 5.32 Å². The molecule has 5 heteroatoms. The highest BCUT2D eigenvalue weighted by atomic mass is 35.5. The van der Waals surface area contributed by atoms with Gasteiger partial charge in [0.2, 0.25) is 0 Å². The second-order valence-electron chi connectivity index (χ2n) is 4.01. The fourth-order valence-electron chi connectivity index (χ4n) is 1.39. The van der Waals surface area contributed by atoms with Crippen LogP contribution in [0.25, 0.3) is 0 Å². The van der Waals surface area contributed by atoms with Crippen LogP contribution in [0.5, 0.6) is 5.75 Å². The monoisotopic (exact) mass is 271 g/mol. The van der Waals surface area contributed by atoms with Crippen molar-refractivity contribution < 1.29 is 14.6 Å². The number of hydrogen-bond acceptors (Lipinski definition) is 3. The van der Waals surface area contributed by atoms with Gasteiger partial charge in [0.1, 0.15) is 5.75 Å². The van der Waals surface area contributed by atoms with Crippen LogP contribution in [0.1, 0.15) is 20.3 Å². The third kappa shape index (κ3) is 4.55. The molecule has 1 unspecified atom stereocenters. The lowest BCUT2D eigenvalue weighted by molar-refractivity contribution is -0.128. The number of ether oxygens (including phenoxy) is 1. The number of rotatable bonds is 6. The van der Waals surface area contributed by atoms with Crippen LogP contribution >= 0.6 is 11.6 Å². The first-order valence-electron chi connectivity index (χ1n) is 5.90. The Kier molecular flexibility index (Phi) is 5.95. The van der Waals surface area contributed by atoms with Crippen LogP contribution in [0.3, 0.4) is 0 Å². The maximum absolute atomic E-state index is 11.8. The zero-order chi connectivity index (χ0) is 13.5. The molecule has 1 amide bonds. The lowest BCUT2D eigenvalue weighted by atomic mass is 10.2. The molecule has 4 nitrogen and oxygen atoms in total. The van der Waals surface area contributed by atoms with E-state index in [1.54, 1.807) is 31.2 Å². The molecule has 2 atom stereocenters. The van der Waals surface area contributed by atoms with Crippen molar-refractivity contribution in [2.24, 2.45) is 0 Å². The van der Waals surface area contributed by atoms with Gasteiger partial charge in [0.15, 0.2) is 6.10 Å². The average Bonchev–Trinajstić information content (AvgIpc) is 2.35. The lowest BCUT2D eigenvalue weighted by Gasteiger charge is -2.19. The van der Waals surface area contributed by atoms with Gasteiger partial charge in [0.25, 0.3) is 5.91 Å². The summed E-state index contributed by atoms with van der Waals surface area (Å²) in [7, 11) is 0. The number of benzene rings is 1. The van der Waals surface area contributed by atoms with Crippen LogP contribution in [0, 0.1) is 0 Å². The molecule has 1 aromatic carbocycles. The van der Waals surface area contributed by atoms with Crippen molar-refractivity contribution in [3.05, 3.63) is 29.3 Å². The van der Waals surface area contributed by atoms with E-state index in [-0.39, 0.29) is 18.6 Å². The predicted molar refractivity (Wildman–Crippen MR) is 70.8 cm³/mol. The third-order valence-electron chi connectivity index (χ3n) is 2.54. The second kappa shape index (κ2) is 7.24. The van der Waals surface area contributed by atoms with Crippen LogP contribution in [-0.2, 0) is 4.79 Å². The fourth-order valence-corrected chi connectivity index (χ4v) is 1.57. The highest BCUT2D eigenvalue weighted by Crippen LogP contribution is 2.18. The van der Waals surface area contributed by atoms with Crippen LogP contribution < -0.4 is 10.1 Å². The SMILES string of the molecule is CC[C@@H](CO)NC(=O)C(C)Oc1cccc(Cl)c1. The number of carbonyl (C=O) groups excluding carboxylic acids is 1. The van der Waals surface area contributed by atoms with E-state index < -0.39 is 6.10 Å². The van der Waals surface area contributed by atoms with Crippen molar-refractivity contribution in [1.29, 1.82) is 0 Å². The molecular weight excluding hydrogens is 254 g/mol. The zero-order valence-electron chi connectivity index (χ0n) is 10.5. The maximum Gasteiger partial charge on any atom is 0.261 e. The van der Waals surface area contributed by atoms with Gasteiger partial charge in [-0.1, -0.05) is 24.6 Å². The van der Waals surface area contributed by atoms with Crippen LogP contribution in [0.4, 0.5) is 0 Å². The Morgan fingerprint density at radius 3 is 2.83 bits per heavy atom. The van der Waals surface area contributed by atoms with Gasteiger partial charge in [-0.25, -0.2) is 0 Å². The number of aliphatic hydroxyl groups is 1. The summed E-state index contributed by atoms with van der Waals surface area (Å²) in [6, 6.07) is 6.64. The molecule has 0 aromatic heterocycles. The van der Waals surface area contributed by atoms with E-state index in [9.17, 15) is 4.79 Å². The Bertz CT molecular complexity index is 394. The number of nitrogens with one attached hydrogen (secondary N) is 1. The molecule has 0 aliphatic rings. The van der Waals surface area contributed by atoms with Crippen molar-refractivity contribution in [3.63, 3.8) is 0 Å². The largest absolute Gasteiger partial charge is 0.481 e. The second-order valence-corrected chi connectivity index (χ2v) is 4.45. The minimum absolute atomic E-state index is 0.0773. The summed E-state index contributed by atoms with van der Waals surface area (Å²) in [5.74, 6) is 0.290. The van der Waals surface area contributed by atoms with Crippen LogP contribution in [0.15, 0.2) is 24.3 Å². The molecule has 2 N–H and O–H groups in total. The van der Waals surface area contributed by atoms with E-state index in [1.165, 1.54) is 0 Å². The smallest absolute Gasteiger partial charge is 0.261 e. The summed E-state index contributed by atoms with van der Waals surface area (Å²) in [5, 5.41) is 12.3. The summed E-state index contributed by atoms with van der Waals surface area (Å²) in [4.78, 5) is 11.8. The molecule has 0 heterocycles. The van der Waals surface area contributed by atoms with E-state index in [1.807, 2.05) is 6.92 Å². The van der Waals surface area contributed by atoms with Gasteiger partial charge in [-0.3, -0.25) is 4.79 Å². The molecule has 100 valence electrons. The Labute approximate surface area is 112 Å². The Balaban J connectivity index is 2.54. The molecule has 0 saturated carbocycles. The first-order valence-corrected chi connectivity index (χ1v) is 6.28. The minimum atomic E-state index is -0.635. The number of aliphatic hydroxyl groups excluding tert-OH is 1. The van der Waals surface area contributed by atoms with Crippen molar-refractivity contribution in [2.75, 3.05) is 6.61 Å². The molecule has 0 spiro atoms. The molecular formula is C13H18ClNO3. The number of halogens is 1. The quantitative estimate of drug-likeness (QED) is 0.832. The summed E-state index contributed by atoms with van der Waals surface area (Å²) in [6.45, 7) is 3.47. The molecule has 0 aliphatic heterocycles. The van der Waals surface area contributed by atoms with Crippen LogP contribution in [-0.4, -0.2) is 29.8 Å². The van der Waals surface area contributed by atoms with Gasteiger partial charge in [0.05, 0.1) is 12.6 Å². The number of hydrogen-bond donors (Lipinski definition) is 2. The standard InChI is InChI=1S/C13H18ClNO3/c1-3-11(8-16)15-13(17)9(2)18-12-6-4-5-10(14)7-12/h4-7,9,11,16H,3,8H2,1-2H3,(H,15,17)/t9?,11-/m0/s1. The molecule has 18 heavy (non-hydrogen) atoms. The van der Waals surface area contributed by atoms with E-state index >= 15 is 0 Å². The van der Waals surface area contributed by atoms with E-state index in [0.29, 0.717) is 17.2 Å². The summed E-state index contributed by atoms with van der Waals surface area (Å²) in [5.41, 5.74) is 0. The zero-order valence-corrected chi connectivity index (χ0v) is 11.3. The van der Waals surface area contributed by atoms with Crippen LogP contribution in [0.2, 0.25) is 5.02 Å². The topological polar surface area (TPSA) is 58.6 Å². The van der Waals surface area contributed by atoms with Gasteiger partial charge in [-0.2, -0.15) is 0 Å². The maximum atomic E-state index is 11.8. The molecule has 0 bridgehead atoms. The van der Waals surface area contributed by atoms with Crippen molar-refractivity contribution in [1.82, 2.24) is 5.32 Å². The average molecular weight is 272 g/mol. The van der Waals surface area contributed by atoms with E-state index in [0.717, 1.165) is 0 Å². The lowest BCUT2D eigenvalue weighted by Crippen LogP contribution is -2.43. The van der Waals surface area contributed by atoms with Crippen molar-refractivity contribution >= 4 is 17.5 Å². The van der Waals surface area contributed by atoms with Gasteiger partial charge < -0.3 is 15.2 Å². The molecule has 1 aromatic rings. The molecule has 1 rings (SSSR count). The summed E-state index contributed by atoms with van der Waals surface area (Å²) < 4.78 is 5.47. The first kappa shape index (κ1) is 14.8. The fraction of sp³-hybridized carbons (Fsp3) is 0.462. The minimum Gasteiger partial charge on any atom is -0.481 e. The third-order valence-corrected chi connectivity index (χ3v) is 2.77. The summed E-state index contributed by atoms with van der Waals surface area (Å²) in [6.07, 6.45) is 0.0376. The molecule has 0 radical (unpaired) electrons. The number of carbonyl (C=O) groups is 1. The van der Waals surface area contributed by atoms with Gasteiger partial charge in [-0.15, -0.1) is 0 Å². The molecule has 0 fully saturated rings. The van der Waals surface area contributed by atoms with Crippen molar-refractivity contribution in [3.8, 4) is 5.75 Å². The first-order chi connectivity index (χ1) is 8.56. The summed E-state index contributed by atoms with van der Waals surface area (Å²) >= 11 is 5.82. The Hall–Kier alpha value is -1.26. The van der Waals surface area contributed by atoms with Gasteiger partial charge in [0, 0.05) is 5.02 Å². The molecule has 0 saturated heterocycles. The highest BCUT2D eigenvalue weighted by molar-refractivity contribution is 6.30. The molecule has 0 aliphatic carbocycles. The Morgan fingerprint density at radius 2 is 2.28 bits per heavy atom. The Morgan fingerprint density at radius 1 is 1.56 bits per heavy atom. The number of amides is 1. The highest BCUT2D eigenvalue weighted by Gasteiger charge is 2.17. The van der Waals surface area contributed by atoms with Crippen molar-refractivity contribution in [2.45, 2.75) is 32.4 Å². The predicted octanol–water partition coefficient (Wildman–Crippen LogP) is 1.99. The van der Waals surface area contributed by atoms with Gasteiger partial charge in [-0.05, 0) is 31.5 Å².